The lowest BCUT2D eigenvalue weighted by atomic mass is 10.2. The van der Waals surface area contributed by atoms with Gasteiger partial charge in [0.15, 0.2) is 0 Å². The van der Waals surface area contributed by atoms with Crippen molar-refractivity contribution in [3.63, 3.8) is 0 Å². The van der Waals surface area contributed by atoms with Gasteiger partial charge in [0.1, 0.15) is 5.76 Å². The van der Waals surface area contributed by atoms with Crippen LogP contribution in [0.2, 0.25) is 5.02 Å². The average Bonchev–Trinajstić information content (AvgIpc) is 2.90. The molecule has 0 atom stereocenters. The number of halogens is 2. The quantitative estimate of drug-likeness (QED) is 0.728. The molecule has 0 bridgehead atoms. The summed E-state index contributed by atoms with van der Waals surface area (Å²) in [7, 11) is 0. The molecule has 116 valence electrons. The molecule has 1 aliphatic rings. The van der Waals surface area contributed by atoms with Gasteiger partial charge in [0.05, 0.1) is 29.6 Å². The monoisotopic (exact) mass is 382 g/mol. The molecule has 1 aliphatic heterocycles. The van der Waals surface area contributed by atoms with Crippen molar-refractivity contribution in [3.05, 3.63) is 45.1 Å². The number of benzene rings is 1. The fourth-order valence-electron chi connectivity index (χ4n) is 2.22. The molecule has 1 aromatic carbocycles. The first-order valence-corrected chi connectivity index (χ1v) is 8.23. The highest BCUT2D eigenvalue weighted by molar-refractivity contribution is 9.10. The molecule has 0 radical (unpaired) electrons. The van der Waals surface area contributed by atoms with Crippen molar-refractivity contribution in [3.8, 4) is 0 Å². The summed E-state index contributed by atoms with van der Waals surface area (Å²) in [6, 6.07) is 7.64. The number of hydrogen-bond donors (Lipinski definition) is 0. The summed E-state index contributed by atoms with van der Waals surface area (Å²) in [5.41, 5.74) is 1.84. The predicted octanol–water partition coefficient (Wildman–Crippen LogP) is 4.59. The number of aryl methyl sites for hydroxylation is 1. The van der Waals surface area contributed by atoms with Crippen LogP contribution >= 0.6 is 27.5 Å². The van der Waals surface area contributed by atoms with Crippen LogP contribution in [-0.2, 0) is 4.74 Å². The zero-order chi connectivity index (χ0) is 15.5. The maximum Gasteiger partial charge on any atom is 0.210 e. The number of morpholine rings is 1. The number of nitrogens with zero attached hydrogens (tertiary/aromatic N) is 2. The number of aliphatic imine (C=N–C) groups is 1. The van der Waals surface area contributed by atoms with Crippen LogP contribution in [0.3, 0.4) is 0 Å². The molecule has 0 spiro atoms. The predicted molar refractivity (Wildman–Crippen MR) is 92.9 cm³/mol. The average molecular weight is 384 g/mol. The van der Waals surface area contributed by atoms with Gasteiger partial charge in [-0.3, -0.25) is 4.99 Å². The second-order valence-corrected chi connectivity index (χ2v) is 6.35. The van der Waals surface area contributed by atoms with Gasteiger partial charge in [0.25, 0.3) is 0 Å². The molecule has 2 aromatic rings. The fraction of sp³-hybridized carbons (Fsp3) is 0.312. The van der Waals surface area contributed by atoms with Gasteiger partial charge in [-0.25, -0.2) is 0 Å². The molecular weight excluding hydrogens is 368 g/mol. The lowest BCUT2D eigenvalue weighted by Gasteiger charge is -2.26. The van der Waals surface area contributed by atoms with Gasteiger partial charge in [0, 0.05) is 24.2 Å². The first kappa shape index (κ1) is 15.6. The summed E-state index contributed by atoms with van der Waals surface area (Å²) in [6.07, 6.45) is 1.70. The molecule has 3 rings (SSSR count). The third-order valence-corrected chi connectivity index (χ3v) is 4.46. The molecular formula is C16H16BrClN2O2. The van der Waals surface area contributed by atoms with Crippen LogP contribution in [0.1, 0.15) is 11.3 Å². The van der Waals surface area contributed by atoms with Crippen molar-refractivity contribution in [1.29, 1.82) is 0 Å². The Hall–Kier alpha value is -1.30. The highest BCUT2D eigenvalue weighted by atomic mass is 79.9. The van der Waals surface area contributed by atoms with Crippen LogP contribution in [0, 0.1) is 6.92 Å². The van der Waals surface area contributed by atoms with Gasteiger partial charge in [-0.2, -0.15) is 0 Å². The van der Waals surface area contributed by atoms with E-state index < -0.39 is 0 Å². The largest absolute Gasteiger partial charge is 0.438 e. The molecule has 0 unspecified atom stereocenters. The van der Waals surface area contributed by atoms with E-state index in [9.17, 15) is 0 Å². The van der Waals surface area contributed by atoms with Crippen molar-refractivity contribution in [2.75, 3.05) is 31.2 Å². The Bertz CT molecular complexity index is 693. The maximum absolute atomic E-state index is 6.10. The number of rotatable bonds is 3. The van der Waals surface area contributed by atoms with Crippen molar-refractivity contribution in [1.82, 2.24) is 0 Å². The summed E-state index contributed by atoms with van der Waals surface area (Å²) in [5.74, 6) is 1.52. The fourth-order valence-corrected chi connectivity index (χ4v) is 2.95. The van der Waals surface area contributed by atoms with Crippen LogP contribution < -0.4 is 4.90 Å². The van der Waals surface area contributed by atoms with Crippen molar-refractivity contribution in [2.45, 2.75) is 6.92 Å². The van der Waals surface area contributed by atoms with Gasteiger partial charge in [0.2, 0.25) is 5.88 Å². The Balaban J connectivity index is 1.77. The summed E-state index contributed by atoms with van der Waals surface area (Å²) in [5, 5.41) is 0.712. The minimum Gasteiger partial charge on any atom is -0.438 e. The molecule has 0 saturated carbocycles. The van der Waals surface area contributed by atoms with E-state index in [0.717, 1.165) is 47.9 Å². The molecule has 6 heteroatoms. The Labute approximate surface area is 142 Å². The molecule has 0 N–H and O–H groups in total. The van der Waals surface area contributed by atoms with Crippen LogP contribution in [0.25, 0.3) is 0 Å². The second-order valence-electron chi connectivity index (χ2n) is 5.09. The molecule has 0 amide bonds. The first-order valence-electron chi connectivity index (χ1n) is 7.06. The number of furan rings is 1. The third kappa shape index (κ3) is 3.54. The minimum atomic E-state index is 0.699. The summed E-state index contributed by atoms with van der Waals surface area (Å²) < 4.78 is 12.2. The van der Waals surface area contributed by atoms with E-state index in [1.807, 2.05) is 31.2 Å². The Morgan fingerprint density at radius 3 is 2.77 bits per heavy atom. The van der Waals surface area contributed by atoms with E-state index in [1.54, 1.807) is 6.21 Å². The Morgan fingerprint density at radius 2 is 2.05 bits per heavy atom. The zero-order valence-electron chi connectivity index (χ0n) is 12.2. The summed E-state index contributed by atoms with van der Waals surface area (Å²) in [6.45, 7) is 5.07. The van der Waals surface area contributed by atoms with Crippen molar-refractivity contribution < 1.29 is 9.15 Å². The van der Waals surface area contributed by atoms with Crippen molar-refractivity contribution >= 4 is 45.3 Å². The lowest BCUT2D eigenvalue weighted by Crippen LogP contribution is -2.36. The van der Waals surface area contributed by atoms with Crippen LogP contribution in [0.15, 0.2) is 38.1 Å². The number of anilines is 1. The van der Waals surface area contributed by atoms with Crippen molar-refractivity contribution in [2.24, 2.45) is 4.99 Å². The van der Waals surface area contributed by atoms with Gasteiger partial charge in [-0.15, -0.1) is 0 Å². The Morgan fingerprint density at radius 1 is 1.27 bits per heavy atom. The molecule has 0 aliphatic carbocycles. The molecule has 22 heavy (non-hydrogen) atoms. The second kappa shape index (κ2) is 6.86. The minimum absolute atomic E-state index is 0.699. The smallest absolute Gasteiger partial charge is 0.210 e. The number of ether oxygens (including phenoxy) is 1. The standard InChI is InChI=1S/C16H16BrClN2O2/c1-11-2-3-12(8-15(11)18)19-10-13-9-14(17)16(22-13)20-4-6-21-7-5-20/h2-3,8-10H,4-7H2,1H3. The van der Waals surface area contributed by atoms with E-state index in [4.69, 9.17) is 20.8 Å². The molecule has 4 nitrogen and oxygen atoms in total. The lowest BCUT2D eigenvalue weighted by molar-refractivity contribution is 0.120. The summed E-state index contributed by atoms with van der Waals surface area (Å²) in [4.78, 5) is 6.57. The molecule has 2 heterocycles. The normalized spacial score (nSPS) is 15.7. The highest BCUT2D eigenvalue weighted by Crippen LogP contribution is 2.30. The molecule has 1 aromatic heterocycles. The SMILES string of the molecule is Cc1ccc(N=Cc2cc(Br)c(N3CCOCC3)o2)cc1Cl. The highest BCUT2D eigenvalue weighted by Gasteiger charge is 2.18. The van der Waals surface area contributed by atoms with Crippen LogP contribution in [0.4, 0.5) is 11.6 Å². The van der Waals surface area contributed by atoms with E-state index in [2.05, 4.69) is 25.8 Å². The number of hydrogen-bond acceptors (Lipinski definition) is 4. The zero-order valence-corrected chi connectivity index (χ0v) is 14.5. The van der Waals surface area contributed by atoms with Crippen LogP contribution in [0.5, 0.6) is 0 Å². The molecule has 1 saturated heterocycles. The Kier molecular flexibility index (Phi) is 4.86. The van der Waals surface area contributed by atoms with Gasteiger partial charge >= 0.3 is 0 Å². The van der Waals surface area contributed by atoms with Gasteiger partial charge in [-0.05, 0) is 40.5 Å². The van der Waals surface area contributed by atoms with E-state index in [-0.39, 0.29) is 0 Å². The van der Waals surface area contributed by atoms with Gasteiger partial charge < -0.3 is 14.1 Å². The van der Waals surface area contributed by atoms with E-state index in [1.165, 1.54) is 0 Å². The molecule has 1 fully saturated rings. The summed E-state index contributed by atoms with van der Waals surface area (Å²) >= 11 is 9.64. The topological polar surface area (TPSA) is 38.0 Å². The van der Waals surface area contributed by atoms with Crippen LogP contribution in [-0.4, -0.2) is 32.5 Å². The maximum atomic E-state index is 6.10. The van der Waals surface area contributed by atoms with E-state index >= 15 is 0 Å². The van der Waals surface area contributed by atoms with Gasteiger partial charge in [-0.1, -0.05) is 17.7 Å². The van der Waals surface area contributed by atoms with E-state index in [0.29, 0.717) is 10.8 Å². The first-order chi connectivity index (χ1) is 10.6. The third-order valence-electron chi connectivity index (χ3n) is 3.48.